The minimum absolute atomic E-state index is 0.151. The van der Waals surface area contributed by atoms with Crippen molar-refractivity contribution in [3.63, 3.8) is 0 Å². The van der Waals surface area contributed by atoms with Gasteiger partial charge in [0.25, 0.3) is 0 Å². The Morgan fingerprint density at radius 3 is 2.50 bits per heavy atom. The predicted molar refractivity (Wildman–Crippen MR) is 101 cm³/mol. The maximum absolute atomic E-state index is 12.4. The average molecular weight is 350 g/mol. The number of nitrogens with two attached hydrogens (primary N) is 3. The molecule has 7 nitrogen and oxygen atoms in total. The zero-order valence-corrected chi connectivity index (χ0v) is 14.4. The number of para-hydroxylation sites is 1. The van der Waals surface area contributed by atoms with Gasteiger partial charge in [-0.05, 0) is 24.3 Å². The molecular formula is C19H22N6O. The maximum Gasteiger partial charge on any atom is 0.189 e. The molecule has 2 fully saturated rings. The van der Waals surface area contributed by atoms with E-state index in [1.165, 1.54) is 6.08 Å². The lowest BCUT2D eigenvalue weighted by Crippen LogP contribution is -2.63. The molecule has 1 aromatic heterocycles. The van der Waals surface area contributed by atoms with Crippen LogP contribution in [0.3, 0.4) is 0 Å². The number of carbonyl (C=O) groups excluding carboxylic acids is 1. The summed E-state index contributed by atoms with van der Waals surface area (Å²) in [4.78, 5) is 20.8. The summed E-state index contributed by atoms with van der Waals surface area (Å²) in [5, 5.41) is 0. The number of nitrogens with zero attached hydrogens (tertiary/aromatic N) is 3. The Morgan fingerprint density at radius 1 is 1.08 bits per heavy atom. The molecule has 2 aliphatic rings. The average Bonchev–Trinajstić information content (AvgIpc) is 3.06. The summed E-state index contributed by atoms with van der Waals surface area (Å²) in [5.74, 6) is 0.668. The van der Waals surface area contributed by atoms with Gasteiger partial charge in [-0.3, -0.25) is 4.79 Å². The standard InChI is InChI=1S/C19H22N6O/c20-15-6-2-1-5-14(15)16(26)8-10-24-12-19(22)11-18(24,21)13-25(19)17-7-3-4-9-23-17/h1-10H,11-13,20-22H2/b10-8+/t18-,19-/m1/s1. The number of likely N-dealkylation sites (tertiary alicyclic amines) is 1. The van der Waals surface area contributed by atoms with Crippen LogP contribution in [0.2, 0.25) is 0 Å². The van der Waals surface area contributed by atoms with Gasteiger partial charge in [0.2, 0.25) is 0 Å². The van der Waals surface area contributed by atoms with E-state index < -0.39 is 11.3 Å². The summed E-state index contributed by atoms with van der Waals surface area (Å²) >= 11 is 0. The van der Waals surface area contributed by atoms with Crippen LogP contribution in [0.1, 0.15) is 16.8 Å². The summed E-state index contributed by atoms with van der Waals surface area (Å²) in [6.45, 7) is 1.07. The molecule has 6 N–H and O–H groups in total. The molecule has 2 aliphatic heterocycles. The number of rotatable bonds is 4. The smallest absolute Gasteiger partial charge is 0.189 e. The third kappa shape index (κ3) is 2.61. The molecular weight excluding hydrogens is 328 g/mol. The fraction of sp³-hybridized carbons (Fsp3) is 0.263. The first-order valence-corrected chi connectivity index (χ1v) is 8.52. The van der Waals surface area contributed by atoms with Gasteiger partial charge in [-0.25, -0.2) is 4.98 Å². The van der Waals surface area contributed by atoms with Crippen LogP contribution in [0.5, 0.6) is 0 Å². The Labute approximate surface area is 152 Å². The molecule has 134 valence electrons. The number of nitrogen functional groups attached to an aromatic ring is 1. The fourth-order valence-corrected chi connectivity index (χ4v) is 3.89. The van der Waals surface area contributed by atoms with Gasteiger partial charge in [-0.1, -0.05) is 18.2 Å². The van der Waals surface area contributed by atoms with Crippen LogP contribution in [0.15, 0.2) is 60.9 Å². The molecule has 2 atom stereocenters. The van der Waals surface area contributed by atoms with E-state index in [4.69, 9.17) is 17.2 Å². The van der Waals surface area contributed by atoms with E-state index in [0.717, 1.165) is 5.82 Å². The minimum atomic E-state index is -0.634. The van der Waals surface area contributed by atoms with E-state index in [-0.39, 0.29) is 5.78 Å². The van der Waals surface area contributed by atoms with E-state index in [9.17, 15) is 4.79 Å². The lowest BCUT2D eigenvalue weighted by molar-refractivity contribution is 0.104. The molecule has 26 heavy (non-hydrogen) atoms. The molecule has 0 spiro atoms. The minimum Gasteiger partial charge on any atom is -0.398 e. The first-order chi connectivity index (χ1) is 12.4. The van der Waals surface area contributed by atoms with Gasteiger partial charge in [0.15, 0.2) is 5.78 Å². The topological polar surface area (TPSA) is 114 Å². The fourth-order valence-electron chi connectivity index (χ4n) is 3.89. The molecule has 0 saturated carbocycles. The summed E-state index contributed by atoms with van der Waals surface area (Å²) in [7, 11) is 0. The Kier molecular flexibility index (Phi) is 3.71. The van der Waals surface area contributed by atoms with Gasteiger partial charge < -0.3 is 27.0 Å². The van der Waals surface area contributed by atoms with Crippen molar-refractivity contribution < 1.29 is 4.79 Å². The Morgan fingerprint density at radius 2 is 1.85 bits per heavy atom. The summed E-state index contributed by atoms with van der Waals surface area (Å²) in [6, 6.07) is 12.7. The van der Waals surface area contributed by atoms with Crippen molar-refractivity contribution in [1.82, 2.24) is 9.88 Å². The van der Waals surface area contributed by atoms with Crippen LogP contribution in [0.4, 0.5) is 11.5 Å². The highest BCUT2D eigenvalue weighted by Crippen LogP contribution is 2.43. The number of carbonyl (C=O) groups is 1. The summed E-state index contributed by atoms with van der Waals surface area (Å²) in [5.41, 5.74) is 18.8. The highest BCUT2D eigenvalue weighted by Gasteiger charge is 2.59. The Bertz CT molecular complexity index is 869. The molecule has 2 saturated heterocycles. The quantitative estimate of drug-likeness (QED) is 0.426. The van der Waals surface area contributed by atoms with Crippen LogP contribution in [0, 0.1) is 0 Å². The number of allylic oxidation sites excluding steroid dienone is 1. The van der Waals surface area contributed by atoms with Gasteiger partial charge in [-0.15, -0.1) is 0 Å². The second kappa shape index (κ2) is 5.82. The highest BCUT2D eigenvalue weighted by molar-refractivity contribution is 6.08. The van der Waals surface area contributed by atoms with Crippen molar-refractivity contribution >= 4 is 17.3 Å². The van der Waals surface area contributed by atoms with E-state index in [2.05, 4.69) is 4.98 Å². The normalized spacial score (nSPS) is 27.5. The number of hydrogen-bond acceptors (Lipinski definition) is 7. The van der Waals surface area contributed by atoms with Gasteiger partial charge >= 0.3 is 0 Å². The van der Waals surface area contributed by atoms with Gasteiger partial charge in [0.05, 0.1) is 13.1 Å². The van der Waals surface area contributed by atoms with E-state index in [0.29, 0.717) is 30.8 Å². The van der Waals surface area contributed by atoms with Crippen LogP contribution in [-0.2, 0) is 0 Å². The lowest BCUT2D eigenvalue weighted by Gasteiger charge is -2.43. The SMILES string of the molecule is Nc1ccccc1C(=O)/C=C/N1C[C@@]2(N)C[C@]1(N)CN2c1ccccn1. The first kappa shape index (κ1) is 16.6. The molecule has 2 aromatic rings. The molecule has 0 aliphatic carbocycles. The second-order valence-electron chi connectivity index (χ2n) is 7.05. The molecule has 4 rings (SSSR count). The van der Waals surface area contributed by atoms with Crippen LogP contribution >= 0.6 is 0 Å². The largest absolute Gasteiger partial charge is 0.398 e. The van der Waals surface area contributed by atoms with Crippen LogP contribution < -0.4 is 22.1 Å². The second-order valence-corrected chi connectivity index (χ2v) is 7.05. The monoisotopic (exact) mass is 350 g/mol. The zero-order chi connectivity index (χ0) is 18.4. The van der Waals surface area contributed by atoms with E-state index in [1.54, 1.807) is 36.7 Å². The molecule has 0 radical (unpaired) electrons. The van der Waals surface area contributed by atoms with Gasteiger partial charge in [0.1, 0.15) is 17.1 Å². The summed E-state index contributed by atoms with van der Waals surface area (Å²) < 4.78 is 0. The Balaban J connectivity index is 1.53. The number of ketones is 1. The van der Waals surface area contributed by atoms with Crippen molar-refractivity contribution in [3.05, 3.63) is 66.5 Å². The molecule has 7 heteroatoms. The van der Waals surface area contributed by atoms with Crippen molar-refractivity contribution in [2.75, 3.05) is 23.7 Å². The molecule has 0 amide bonds. The van der Waals surface area contributed by atoms with Crippen molar-refractivity contribution in [1.29, 1.82) is 0 Å². The summed E-state index contributed by atoms with van der Waals surface area (Å²) in [6.07, 6.45) is 5.59. The number of anilines is 2. The number of piperazine rings is 1. The number of aromatic nitrogens is 1. The molecule has 1 aromatic carbocycles. The number of benzene rings is 1. The van der Waals surface area contributed by atoms with Crippen molar-refractivity contribution in [2.24, 2.45) is 11.5 Å². The third-order valence-electron chi connectivity index (χ3n) is 5.16. The van der Waals surface area contributed by atoms with Crippen molar-refractivity contribution in [3.8, 4) is 0 Å². The van der Waals surface area contributed by atoms with E-state index >= 15 is 0 Å². The first-order valence-electron chi connectivity index (χ1n) is 8.52. The highest BCUT2D eigenvalue weighted by atomic mass is 16.1. The van der Waals surface area contributed by atoms with Crippen molar-refractivity contribution in [2.45, 2.75) is 17.7 Å². The lowest BCUT2D eigenvalue weighted by atomic mass is 10.1. The predicted octanol–water partition coefficient (Wildman–Crippen LogP) is 0.896. The molecule has 3 heterocycles. The Hall–Kier alpha value is -2.90. The van der Waals surface area contributed by atoms with Crippen LogP contribution in [-0.4, -0.2) is 40.1 Å². The molecule has 0 unspecified atom stereocenters. The number of fused-ring (bicyclic) bond motifs is 2. The molecule has 2 bridgehead atoms. The maximum atomic E-state index is 12.4. The van der Waals surface area contributed by atoms with Gasteiger partial charge in [0, 0.05) is 36.1 Å². The third-order valence-corrected chi connectivity index (χ3v) is 5.16. The van der Waals surface area contributed by atoms with E-state index in [1.807, 2.05) is 28.0 Å². The van der Waals surface area contributed by atoms with Crippen LogP contribution in [0.25, 0.3) is 0 Å². The zero-order valence-electron chi connectivity index (χ0n) is 14.4. The number of hydrogen-bond donors (Lipinski definition) is 3. The van der Waals surface area contributed by atoms with Gasteiger partial charge in [-0.2, -0.15) is 0 Å². The number of pyridine rings is 1.